The third-order valence-electron chi connectivity index (χ3n) is 14.2. The largest absolute Gasteiger partial charge is 0.457 e. The van der Waals surface area contributed by atoms with E-state index in [0.717, 1.165) is 44.9 Å². The fourth-order valence-electron chi connectivity index (χ4n) is 9.44. The Balaban J connectivity index is 1.71. The predicted molar refractivity (Wildman–Crippen MR) is 284 cm³/mol. The van der Waals surface area contributed by atoms with Gasteiger partial charge in [-0.25, -0.2) is 0 Å². The summed E-state index contributed by atoms with van der Waals surface area (Å²) in [6.07, 6.45) is 35.2. The second kappa shape index (κ2) is 45.6. The summed E-state index contributed by atoms with van der Waals surface area (Å²) in [6, 6.07) is 0. The van der Waals surface area contributed by atoms with Crippen LogP contribution in [0.5, 0.6) is 0 Å². The molecule has 7 N–H and O–H groups in total. The van der Waals surface area contributed by atoms with Crippen molar-refractivity contribution in [3.8, 4) is 0 Å². The Kier molecular flexibility index (Phi) is 42.2. The van der Waals surface area contributed by atoms with E-state index in [1.54, 1.807) is 0 Å². The summed E-state index contributed by atoms with van der Waals surface area (Å²) >= 11 is 0. The number of ether oxygens (including phenoxy) is 6. The number of unbranched alkanes of at least 4 members (excludes halogenated alkanes) is 30. The van der Waals surface area contributed by atoms with Crippen LogP contribution in [0.25, 0.3) is 0 Å². The van der Waals surface area contributed by atoms with Gasteiger partial charge in [-0.05, 0) is 44.9 Å². The summed E-state index contributed by atoms with van der Waals surface area (Å²) in [6.45, 7) is 3.71. The average molecular weight is 1030 g/mol. The molecular formula is C58H108O14. The van der Waals surface area contributed by atoms with Crippen molar-refractivity contribution < 1.29 is 69.0 Å². The van der Waals surface area contributed by atoms with Crippen LogP contribution >= 0.6 is 0 Å². The molecule has 11 atom stereocenters. The molecule has 0 radical (unpaired) electrons. The molecule has 0 amide bonds. The summed E-state index contributed by atoms with van der Waals surface area (Å²) in [4.78, 5) is 13.1. The van der Waals surface area contributed by atoms with Crippen LogP contribution in [0.15, 0.2) is 24.3 Å². The Morgan fingerprint density at radius 2 is 0.861 bits per heavy atom. The van der Waals surface area contributed by atoms with E-state index in [0.29, 0.717) is 13.0 Å². The van der Waals surface area contributed by atoms with Crippen molar-refractivity contribution in [2.24, 2.45) is 0 Å². The van der Waals surface area contributed by atoms with E-state index in [1.807, 2.05) is 0 Å². The van der Waals surface area contributed by atoms with Crippen LogP contribution in [0.4, 0.5) is 0 Å². The van der Waals surface area contributed by atoms with Crippen LogP contribution < -0.4 is 0 Å². The van der Waals surface area contributed by atoms with E-state index in [4.69, 9.17) is 28.4 Å². The van der Waals surface area contributed by atoms with Crippen LogP contribution in [-0.4, -0.2) is 142 Å². The molecule has 0 aliphatic carbocycles. The first kappa shape index (κ1) is 66.6. The van der Waals surface area contributed by atoms with E-state index in [9.17, 15) is 40.5 Å². The second-order valence-corrected chi connectivity index (χ2v) is 20.8. The van der Waals surface area contributed by atoms with Crippen molar-refractivity contribution in [3.63, 3.8) is 0 Å². The lowest BCUT2D eigenvalue weighted by molar-refractivity contribution is -0.332. The molecule has 0 saturated carbocycles. The maximum absolute atomic E-state index is 13.1. The molecule has 14 nitrogen and oxygen atoms in total. The molecule has 2 aliphatic heterocycles. The van der Waals surface area contributed by atoms with Crippen LogP contribution in [0.1, 0.15) is 239 Å². The smallest absolute Gasteiger partial charge is 0.306 e. The number of aliphatic hydroxyl groups excluding tert-OH is 7. The van der Waals surface area contributed by atoms with Crippen molar-refractivity contribution in [2.75, 3.05) is 33.0 Å². The summed E-state index contributed by atoms with van der Waals surface area (Å²) in [5, 5.41) is 72.3. The molecule has 0 bridgehead atoms. The zero-order valence-electron chi connectivity index (χ0n) is 45.4. The fourth-order valence-corrected chi connectivity index (χ4v) is 9.44. The number of rotatable bonds is 48. The molecule has 2 saturated heterocycles. The van der Waals surface area contributed by atoms with Crippen LogP contribution in [0, 0.1) is 0 Å². The highest BCUT2D eigenvalue weighted by Gasteiger charge is 2.47. The van der Waals surface area contributed by atoms with Gasteiger partial charge in [-0.2, -0.15) is 0 Å². The highest BCUT2D eigenvalue weighted by molar-refractivity contribution is 5.69. The van der Waals surface area contributed by atoms with Crippen LogP contribution in [0.2, 0.25) is 0 Å². The highest BCUT2D eigenvalue weighted by atomic mass is 16.7. The Bertz CT molecular complexity index is 1290. The summed E-state index contributed by atoms with van der Waals surface area (Å²) in [7, 11) is 0. The van der Waals surface area contributed by atoms with Gasteiger partial charge in [0.2, 0.25) is 0 Å². The maximum atomic E-state index is 13.1. The molecule has 2 heterocycles. The van der Waals surface area contributed by atoms with Crippen LogP contribution in [-0.2, 0) is 33.2 Å². The van der Waals surface area contributed by atoms with E-state index >= 15 is 0 Å². The zero-order chi connectivity index (χ0) is 52.3. The molecule has 2 rings (SSSR count). The Labute approximate surface area is 437 Å². The minimum Gasteiger partial charge on any atom is -0.457 e. The first-order valence-electron chi connectivity index (χ1n) is 29.4. The maximum Gasteiger partial charge on any atom is 0.306 e. The Morgan fingerprint density at radius 1 is 0.458 bits per heavy atom. The number of allylic oxidation sites excluding steroid dienone is 4. The molecule has 0 spiro atoms. The average Bonchev–Trinajstić information content (AvgIpc) is 3.38. The minimum absolute atomic E-state index is 0.0640. The summed E-state index contributed by atoms with van der Waals surface area (Å²) in [5.74, 6) is -0.372. The molecule has 14 heteroatoms. The Morgan fingerprint density at radius 3 is 1.36 bits per heavy atom. The van der Waals surface area contributed by atoms with E-state index in [2.05, 4.69) is 38.2 Å². The van der Waals surface area contributed by atoms with E-state index in [1.165, 1.54) is 167 Å². The van der Waals surface area contributed by atoms with E-state index < -0.39 is 80.7 Å². The van der Waals surface area contributed by atoms with Gasteiger partial charge in [-0.15, -0.1) is 0 Å². The first-order valence-corrected chi connectivity index (χ1v) is 29.4. The number of carbonyl (C=O) groups excluding carboxylic acids is 1. The minimum atomic E-state index is -1.70. The van der Waals surface area contributed by atoms with Gasteiger partial charge in [-0.1, -0.05) is 212 Å². The van der Waals surface area contributed by atoms with Crippen molar-refractivity contribution in [2.45, 2.75) is 306 Å². The number of aliphatic hydroxyl groups is 7. The van der Waals surface area contributed by atoms with Gasteiger partial charge >= 0.3 is 5.97 Å². The van der Waals surface area contributed by atoms with Gasteiger partial charge in [0.25, 0.3) is 0 Å². The van der Waals surface area contributed by atoms with Crippen LogP contribution in [0.3, 0.4) is 0 Å². The number of hydrogen-bond donors (Lipinski definition) is 7. The lowest BCUT2D eigenvalue weighted by Gasteiger charge is -2.42. The van der Waals surface area contributed by atoms with E-state index in [-0.39, 0.29) is 25.6 Å². The summed E-state index contributed by atoms with van der Waals surface area (Å²) < 4.78 is 34.4. The monoisotopic (exact) mass is 1030 g/mol. The van der Waals surface area contributed by atoms with Gasteiger partial charge in [0.15, 0.2) is 12.6 Å². The first-order chi connectivity index (χ1) is 35.1. The molecule has 2 aliphatic rings. The molecule has 0 aromatic carbocycles. The van der Waals surface area contributed by atoms with Crippen molar-refractivity contribution >= 4 is 5.97 Å². The SMILES string of the molecule is CCCCC/C=C\C/C=C\CCCCCCCCCCCCOCC(COC1OC(COC2OC(CO)C(O)C(O)C2O)C(O)C(O)C1O)OC(=O)CCCCCCCCCCCCCCCCCCCC. The van der Waals surface area contributed by atoms with Crippen molar-refractivity contribution in [1.82, 2.24) is 0 Å². The van der Waals surface area contributed by atoms with Gasteiger partial charge in [0, 0.05) is 13.0 Å². The number of hydrogen-bond acceptors (Lipinski definition) is 14. The fraction of sp³-hybridized carbons (Fsp3) is 0.914. The molecule has 2 fully saturated rings. The molecule has 72 heavy (non-hydrogen) atoms. The lowest BCUT2D eigenvalue weighted by atomic mass is 9.98. The van der Waals surface area contributed by atoms with Gasteiger partial charge < -0.3 is 64.2 Å². The zero-order valence-corrected chi connectivity index (χ0v) is 45.4. The predicted octanol–water partition coefficient (Wildman–Crippen LogP) is 10.4. The quantitative estimate of drug-likeness (QED) is 0.0172. The molecular weight excluding hydrogens is 921 g/mol. The highest BCUT2D eigenvalue weighted by Crippen LogP contribution is 2.27. The second-order valence-electron chi connectivity index (χ2n) is 20.8. The molecule has 11 unspecified atom stereocenters. The lowest BCUT2D eigenvalue weighted by Crippen LogP contribution is -2.61. The third-order valence-corrected chi connectivity index (χ3v) is 14.2. The molecule has 0 aromatic rings. The van der Waals surface area contributed by atoms with Gasteiger partial charge in [0.05, 0.1) is 26.4 Å². The molecule has 424 valence electrons. The topological polar surface area (TPSA) is 214 Å². The van der Waals surface area contributed by atoms with Gasteiger partial charge in [-0.3, -0.25) is 4.79 Å². The summed E-state index contributed by atoms with van der Waals surface area (Å²) in [5.41, 5.74) is 0. The van der Waals surface area contributed by atoms with Crippen molar-refractivity contribution in [1.29, 1.82) is 0 Å². The Hall–Kier alpha value is -1.53. The standard InChI is InChI=1S/C58H108O14/c1-3-5-7-9-11-13-15-17-19-21-23-24-26-28-30-32-34-36-38-40-42-67-44-47(70-50(60)41-39-37-35-33-31-29-27-25-22-20-18-16-14-12-10-8-6-4-2)45-68-57-56(66)54(64)52(62)49(72-57)46-69-58-55(65)53(63)51(61)48(43-59)71-58/h11,13,17,19,47-49,51-59,61-66H,3-10,12,14-16,18,20-46H2,1-2H3/b13-11-,19-17-. The normalized spacial score (nSPS) is 25.2. The number of carbonyl (C=O) groups is 1. The van der Waals surface area contributed by atoms with Crippen molar-refractivity contribution in [3.05, 3.63) is 24.3 Å². The third kappa shape index (κ3) is 32.1. The van der Waals surface area contributed by atoms with Gasteiger partial charge in [0.1, 0.15) is 54.9 Å². The molecule has 0 aromatic heterocycles. The number of esters is 1.